The van der Waals surface area contributed by atoms with Crippen molar-refractivity contribution in [1.82, 2.24) is 4.90 Å². The van der Waals surface area contributed by atoms with Crippen LogP contribution in [0.4, 0.5) is 4.39 Å². The van der Waals surface area contributed by atoms with Gasteiger partial charge in [-0.2, -0.15) is 0 Å². The number of benzene rings is 1. The molecule has 5 heteroatoms. The minimum Gasteiger partial charge on any atom is -0.507 e. The smallest absolute Gasteiger partial charge is 0.258 e. The minimum absolute atomic E-state index is 0.0111. The molecule has 0 saturated heterocycles. The van der Waals surface area contributed by atoms with Gasteiger partial charge < -0.3 is 10.0 Å². The van der Waals surface area contributed by atoms with Crippen molar-refractivity contribution in [2.75, 3.05) is 12.4 Å². The summed E-state index contributed by atoms with van der Waals surface area (Å²) in [5, 5.41) is 9.72. The normalized spacial score (nSPS) is 15.7. The van der Waals surface area contributed by atoms with E-state index in [2.05, 4.69) is 0 Å². The van der Waals surface area contributed by atoms with Crippen LogP contribution >= 0.6 is 11.6 Å². The number of aromatic hydroxyl groups is 1. The SMILES string of the molecule is O=C(c1cc(F)ccc1O)N(CCCl)C1CCCC1. The number of halogens is 2. The number of hydrogen-bond donors (Lipinski definition) is 1. The second-order valence-corrected chi connectivity index (χ2v) is 5.17. The van der Waals surface area contributed by atoms with Crippen LogP contribution in [-0.4, -0.2) is 34.4 Å². The molecule has 1 aliphatic carbocycles. The van der Waals surface area contributed by atoms with Crippen molar-refractivity contribution in [2.24, 2.45) is 0 Å². The highest BCUT2D eigenvalue weighted by atomic mass is 35.5. The molecule has 1 fully saturated rings. The second-order valence-electron chi connectivity index (χ2n) is 4.79. The molecule has 1 amide bonds. The van der Waals surface area contributed by atoms with Crippen molar-refractivity contribution in [2.45, 2.75) is 31.7 Å². The van der Waals surface area contributed by atoms with Crippen LogP contribution in [0.2, 0.25) is 0 Å². The topological polar surface area (TPSA) is 40.5 Å². The number of alkyl halides is 1. The Morgan fingerprint density at radius 3 is 2.74 bits per heavy atom. The number of phenolic OH excluding ortho intramolecular Hbond substituents is 1. The molecule has 19 heavy (non-hydrogen) atoms. The van der Waals surface area contributed by atoms with Crippen LogP contribution in [0, 0.1) is 5.82 Å². The Morgan fingerprint density at radius 1 is 1.42 bits per heavy atom. The van der Waals surface area contributed by atoms with Crippen LogP contribution < -0.4 is 0 Å². The van der Waals surface area contributed by atoms with Gasteiger partial charge in [-0.3, -0.25) is 4.79 Å². The number of carbonyl (C=O) groups is 1. The molecule has 0 aromatic heterocycles. The second kappa shape index (κ2) is 6.24. The van der Waals surface area contributed by atoms with Crippen LogP contribution in [0.3, 0.4) is 0 Å². The number of rotatable bonds is 4. The van der Waals surface area contributed by atoms with Crippen LogP contribution in [-0.2, 0) is 0 Å². The number of phenols is 1. The van der Waals surface area contributed by atoms with Gasteiger partial charge in [0, 0.05) is 18.5 Å². The third-order valence-corrected chi connectivity index (χ3v) is 3.71. The third kappa shape index (κ3) is 3.18. The van der Waals surface area contributed by atoms with E-state index in [9.17, 15) is 14.3 Å². The van der Waals surface area contributed by atoms with Gasteiger partial charge in [-0.05, 0) is 31.0 Å². The van der Waals surface area contributed by atoms with E-state index in [-0.39, 0.29) is 23.3 Å². The molecule has 1 N–H and O–H groups in total. The Hall–Kier alpha value is -1.29. The summed E-state index contributed by atoms with van der Waals surface area (Å²) >= 11 is 5.75. The zero-order valence-corrected chi connectivity index (χ0v) is 11.4. The molecule has 0 bridgehead atoms. The highest BCUT2D eigenvalue weighted by Gasteiger charge is 2.28. The average Bonchev–Trinajstić information content (AvgIpc) is 2.92. The molecule has 3 nitrogen and oxygen atoms in total. The van der Waals surface area contributed by atoms with Gasteiger partial charge in [0.25, 0.3) is 5.91 Å². The molecule has 104 valence electrons. The summed E-state index contributed by atoms with van der Waals surface area (Å²) in [6.07, 6.45) is 4.06. The number of hydrogen-bond acceptors (Lipinski definition) is 2. The summed E-state index contributed by atoms with van der Waals surface area (Å²) in [6.45, 7) is 0.418. The summed E-state index contributed by atoms with van der Waals surface area (Å²) in [5.41, 5.74) is 0.0111. The maximum atomic E-state index is 13.2. The molecular formula is C14H17ClFNO2. The van der Waals surface area contributed by atoms with E-state index in [1.165, 1.54) is 6.07 Å². The molecule has 1 aromatic carbocycles. The lowest BCUT2D eigenvalue weighted by molar-refractivity contribution is 0.0691. The molecule has 0 radical (unpaired) electrons. The van der Waals surface area contributed by atoms with Gasteiger partial charge in [0.1, 0.15) is 11.6 Å². The Bertz CT molecular complexity index is 461. The third-order valence-electron chi connectivity index (χ3n) is 3.54. The van der Waals surface area contributed by atoms with Crippen LogP contribution in [0.5, 0.6) is 5.75 Å². The number of carbonyl (C=O) groups excluding carboxylic acids is 1. The highest BCUT2D eigenvalue weighted by Crippen LogP contribution is 2.27. The first-order valence-electron chi connectivity index (χ1n) is 6.49. The first-order valence-corrected chi connectivity index (χ1v) is 7.02. The Labute approximate surface area is 117 Å². The molecule has 1 aromatic rings. The van der Waals surface area contributed by atoms with Crippen molar-refractivity contribution in [3.05, 3.63) is 29.6 Å². The fourth-order valence-electron chi connectivity index (χ4n) is 2.59. The molecule has 1 aliphatic rings. The Kier molecular flexibility index (Phi) is 4.64. The quantitative estimate of drug-likeness (QED) is 0.863. The largest absolute Gasteiger partial charge is 0.507 e. The Morgan fingerprint density at radius 2 is 2.11 bits per heavy atom. The van der Waals surface area contributed by atoms with Gasteiger partial charge in [-0.15, -0.1) is 11.6 Å². The van der Waals surface area contributed by atoms with Gasteiger partial charge in [-0.1, -0.05) is 12.8 Å². The molecule has 0 aliphatic heterocycles. The summed E-state index contributed by atoms with van der Waals surface area (Å²) in [6, 6.07) is 3.56. The summed E-state index contributed by atoms with van der Waals surface area (Å²) in [5.74, 6) is -0.731. The molecule has 0 spiro atoms. The maximum absolute atomic E-state index is 13.2. The number of amides is 1. The fourth-order valence-corrected chi connectivity index (χ4v) is 2.77. The molecular weight excluding hydrogens is 269 g/mol. The first-order chi connectivity index (χ1) is 9.13. The summed E-state index contributed by atoms with van der Waals surface area (Å²) < 4.78 is 13.2. The van der Waals surface area contributed by atoms with Crippen molar-refractivity contribution >= 4 is 17.5 Å². The van der Waals surface area contributed by atoms with E-state index < -0.39 is 5.82 Å². The van der Waals surface area contributed by atoms with Crippen molar-refractivity contribution < 1.29 is 14.3 Å². The average molecular weight is 286 g/mol. The van der Waals surface area contributed by atoms with Crippen LogP contribution in [0.1, 0.15) is 36.0 Å². The molecule has 2 rings (SSSR count). The first kappa shape index (κ1) is 14.1. The predicted octanol–water partition coefficient (Wildman–Crippen LogP) is 3.15. The summed E-state index contributed by atoms with van der Waals surface area (Å²) in [7, 11) is 0. The maximum Gasteiger partial charge on any atom is 0.258 e. The monoisotopic (exact) mass is 285 g/mol. The lowest BCUT2D eigenvalue weighted by Crippen LogP contribution is -2.40. The van der Waals surface area contributed by atoms with Crippen molar-refractivity contribution in [1.29, 1.82) is 0 Å². The predicted molar refractivity (Wildman–Crippen MR) is 72.1 cm³/mol. The van der Waals surface area contributed by atoms with E-state index >= 15 is 0 Å². The zero-order chi connectivity index (χ0) is 13.8. The fraction of sp³-hybridized carbons (Fsp3) is 0.500. The van der Waals surface area contributed by atoms with Gasteiger partial charge >= 0.3 is 0 Å². The van der Waals surface area contributed by atoms with Crippen molar-refractivity contribution in [3.8, 4) is 5.75 Å². The minimum atomic E-state index is -0.529. The van der Waals surface area contributed by atoms with Crippen molar-refractivity contribution in [3.63, 3.8) is 0 Å². The van der Waals surface area contributed by atoms with E-state index in [0.29, 0.717) is 12.4 Å². The zero-order valence-electron chi connectivity index (χ0n) is 10.6. The van der Waals surface area contributed by atoms with Gasteiger partial charge in [-0.25, -0.2) is 4.39 Å². The standard InChI is InChI=1S/C14H17ClFNO2/c15-7-8-17(11-3-1-2-4-11)14(19)12-9-10(16)5-6-13(12)18/h5-6,9,11,18H,1-4,7-8H2. The van der Waals surface area contributed by atoms with E-state index in [4.69, 9.17) is 11.6 Å². The lowest BCUT2D eigenvalue weighted by Gasteiger charge is -2.28. The molecule has 0 atom stereocenters. The summed E-state index contributed by atoms with van der Waals surface area (Å²) in [4.78, 5) is 14.1. The van der Waals surface area contributed by atoms with Gasteiger partial charge in [0.2, 0.25) is 0 Å². The molecule has 0 unspecified atom stereocenters. The lowest BCUT2D eigenvalue weighted by atomic mass is 10.1. The van der Waals surface area contributed by atoms with E-state index in [1.807, 2.05) is 0 Å². The van der Waals surface area contributed by atoms with Gasteiger partial charge in [0.05, 0.1) is 5.56 Å². The van der Waals surface area contributed by atoms with E-state index in [0.717, 1.165) is 37.8 Å². The van der Waals surface area contributed by atoms with Crippen LogP contribution in [0.25, 0.3) is 0 Å². The van der Waals surface area contributed by atoms with Crippen LogP contribution in [0.15, 0.2) is 18.2 Å². The van der Waals surface area contributed by atoms with E-state index in [1.54, 1.807) is 4.90 Å². The Balaban J connectivity index is 2.25. The number of nitrogens with zero attached hydrogens (tertiary/aromatic N) is 1. The highest BCUT2D eigenvalue weighted by molar-refractivity contribution is 6.18. The molecule has 1 saturated carbocycles. The molecule has 0 heterocycles. The van der Waals surface area contributed by atoms with Gasteiger partial charge in [0.15, 0.2) is 0 Å².